The summed E-state index contributed by atoms with van der Waals surface area (Å²) in [6, 6.07) is -0.878. The van der Waals surface area contributed by atoms with Crippen molar-refractivity contribution in [2.45, 2.75) is 180 Å². The van der Waals surface area contributed by atoms with E-state index in [1.165, 1.54) is 89.9 Å². The van der Waals surface area contributed by atoms with Crippen LogP contribution in [-0.2, 0) is 18.4 Å². The Hall–Kier alpha value is -1.28. The topological polar surface area (TPSA) is 131 Å². The molecule has 0 saturated carbocycles. The summed E-state index contributed by atoms with van der Waals surface area (Å²) in [5, 5.41) is 13.6. The number of rotatable bonds is 35. The molecule has 0 rings (SSSR count). The lowest BCUT2D eigenvalue weighted by atomic mass is 10.1. The molecule has 0 fully saturated rings. The third-order valence-corrected chi connectivity index (χ3v) is 9.17. The molecule has 0 aliphatic carbocycles. The molecule has 0 aromatic rings. The zero-order chi connectivity index (χ0) is 34.7. The van der Waals surface area contributed by atoms with E-state index in [-0.39, 0.29) is 25.7 Å². The van der Waals surface area contributed by atoms with E-state index in [1.54, 1.807) is 6.08 Å². The van der Waals surface area contributed by atoms with Crippen molar-refractivity contribution >= 4 is 13.7 Å². The van der Waals surface area contributed by atoms with Crippen LogP contribution in [0, 0.1) is 0 Å². The number of aliphatic hydroxyl groups is 1. The highest BCUT2D eigenvalue weighted by molar-refractivity contribution is 7.47. The summed E-state index contributed by atoms with van der Waals surface area (Å²) in [6.45, 7) is 4.06. The molecule has 0 bridgehead atoms. The molecule has 0 heterocycles. The van der Waals surface area contributed by atoms with Crippen LogP contribution in [0.25, 0.3) is 0 Å². The number of phosphoric acid groups is 1. The maximum absolute atomic E-state index is 12.7. The van der Waals surface area contributed by atoms with Gasteiger partial charge in [0.05, 0.1) is 25.4 Å². The Morgan fingerprint density at radius 3 is 1.68 bits per heavy atom. The Labute approximate surface area is 289 Å². The number of aliphatic hydroxyl groups excluding tert-OH is 1. The lowest BCUT2D eigenvalue weighted by molar-refractivity contribution is -0.123. The highest BCUT2D eigenvalue weighted by Gasteiger charge is 2.26. The molecule has 8 nitrogen and oxygen atoms in total. The Bertz CT molecular complexity index is 835. The smallest absolute Gasteiger partial charge is 0.387 e. The Morgan fingerprint density at radius 1 is 0.681 bits per heavy atom. The van der Waals surface area contributed by atoms with Crippen molar-refractivity contribution in [3.8, 4) is 0 Å². The van der Waals surface area contributed by atoms with E-state index in [9.17, 15) is 19.4 Å². The number of amides is 1. The van der Waals surface area contributed by atoms with E-state index >= 15 is 0 Å². The van der Waals surface area contributed by atoms with Gasteiger partial charge in [-0.05, 0) is 57.8 Å². The number of unbranched alkanes of at least 4 members (excludes halogenated alkanes) is 19. The predicted molar refractivity (Wildman–Crippen MR) is 198 cm³/mol. The second-order valence-corrected chi connectivity index (χ2v) is 14.2. The Morgan fingerprint density at radius 2 is 1.13 bits per heavy atom. The summed E-state index contributed by atoms with van der Waals surface area (Å²) >= 11 is 0. The Kier molecular flexibility index (Phi) is 33.6. The molecule has 0 aliphatic heterocycles. The fraction of sp³-hybridized carbons (Fsp3) is 0.816. The predicted octanol–water partition coefficient (Wildman–Crippen LogP) is 10.00. The second-order valence-electron chi connectivity index (χ2n) is 12.8. The van der Waals surface area contributed by atoms with Crippen LogP contribution in [0.2, 0.25) is 0 Å². The number of nitrogens with two attached hydrogens (primary N) is 1. The zero-order valence-electron chi connectivity index (χ0n) is 30.3. The zero-order valence-corrected chi connectivity index (χ0v) is 31.2. The number of carbonyl (C=O) groups is 1. The van der Waals surface area contributed by atoms with Crippen molar-refractivity contribution in [3.63, 3.8) is 0 Å². The van der Waals surface area contributed by atoms with Crippen LogP contribution in [0.3, 0.4) is 0 Å². The van der Waals surface area contributed by atoms with Crippen molar-refractivity contribution in [2.24, 2.45) is 5.73 Å². The summed E-state index contributed by atoms with van der Waals surface area (Å²) in [5.41, 5.74) is 5.35. The van der Waals surface area contributed by atoms with Crippen LogP contribution in [-0.4, -0.2) is 47.8 Å². The van der Waals surface area contributed by atoms with Crippen LogP contribution in [0.5, 0.6) is 0 Å². The molecular weight excluding hydrogens is 611 g/mol. The van der Waals surface area contributed by atoms with Gasteiger partial charge < -0.3 is 21.1 Å². The van der Waals surface area contributed by atoms with Crippen LogP contribution in [0.15, 0.2) is 36.5 Å². The van der Waals surface area contributed by atoms with Crippen LogP contribution in [0.1, 0.15) is 168 Å². The first-order chi connectivity index (χ1) is 22.9. The molecule has 0 aromatic carbocycles. The van der Waals surface area contributed by atoms with Crippen LogP contribution >= 0.6 is 7.82 Å². The minimum atomic E-state index is -4.34. The summed E-state index contributed by atoms with van der Waals surface area (Å²) in [7, 11) is -4.34. The van der Waals surface area contributed by atoms with Gasteiger partial charge in [0.2, 0.25) is 5.91 Å². The average Bonchev–Trinajstić information content (AvgIpc) is 3.05. The van der Waals surface area contributed by atoms with E-state index in [0.29, 0.717) is 6.42 Å². The molecule has 0 radical (unpaired) electrons. The summed E-state index contributed by atoms with van der Waals surface area (Å²) in [4.78, 5) is 22.6. The van der Waals surface area contributed by atoms with Gasteiger partial charge in [-0.3, -0.25) is 13.8 Å². The lowest BCUT2D eigenvalue weighted by Crippen LogP contribution is -2.45. The lowest BCUT2D eigenvalue weighted by Gasteiger charge is -2.23. The van der Waals surface area contributed by atoms with Gasteiger partial charge in [0, 0.05) is 13.0 Å². The first kappa shape index (κ1) is 45.7. The molecule has 0 aromatic heterocycles. The largest absolute Gasteiger partial charge is 0.472 e. The van der Waals surface area contributed by atoms with Gasteiger partial charge in [0.15, 0.2) is 0 Å². The fourth-order valence-corrected chi connectivity index (χ4v) is 6.02. The number of carbonyl (C=O) groups excluding carboxylic acids is 1. The first-order valence-corrected chi connectivity index (χ1v) is 20.6. The standard InChI is InChI=1S/C38H73N2O6P/c1-3-5-7-9-11-13-15-17-18-19-20-21-23-25-27-29-31-37(41)36(35-46-47(43,44)45-34-33-39)40-38(42)32-30-28-26-24-22-16-14-12-10-8-6-4-2/h12,14,21,23,29,31,36-37,41H,3-11,13,15-20,22,24-28,30,32-35,39H2,1-2H3,(H,40,42)(H,43,44)/b14-12-,23-21+,31-29+. The maximum Gasteiger partial charge on any atom is 0.472 e. The van der Waals surface area contributed by atoms with Gasteiger partial charge in [0.25, 0.3) is 0 Å². The highest BCUT2D eigenvalue weighted by atomic mass is 31.2. The summed E-state index contributed by atoms with van der Waals surface area (Å²) in [6.07, 6.45) is 39.0. The first-order valence-electron chi connectivity index (χ1n) is 19.1. The molecule has 5 N–H and O–H groups in total. The van der Waals surface area contributed by atoms with E-state index < -0.39 is 20.0 Å². The van der Waals surface area contributed by atoms with Crippen LogP contribution in [0.4, 0.5) is 0 Å². The van der Waals surface area contributed by atoms with Crippen molar-refractivity contribution < 1.29 is 28.4 Å². The van der Waals surface area contributed by atoms with Crippen LogP contribution < -0.4 is 11.1 Å². The molecular formula is C38H73N2O6P. The molecule has 47 heavy (non-hydrogen) atoms. The van der Waals surface area contributed by atoms with E-state index in [4.69, 9.17) is 14.8 Å². The maximum atomic E-state index is 12.7. The summed E-state index contributed by atoms with van der Waals surface area (Å²) < 4.78 is 22.0. The van der Waals surface area contributed by atoms with Gasteiger partial charge in [-0.2, -0.15) is 0 Å². The minimum absolute atomic E-state index is 0.0723. The average molecular weight is 685 g/mol. The third-order valence-electron chi connectivity index (χ3n) is 8.19. The van der Waals surface area contributed by atoms with Crippen molar-refractivity contribution in [2.75, 3.05) is 19.8 Å². The number of hydrogen-bond donors (Lipinski definition) is 4. The SMILES string of the molecule is CCCCC/C=C\CCCCCCCC(=O)NC(COP(=O)(O)OCCN)C(O)/C=C/CC/C=C/CCCCCCCCCCCC. The Balaban J connectivity index is 4.38. The van der Waals surface area contributed by atoms with Crippen molar-refractivity contribution in [3.05, 3.63) is 36.5 Å². The van der Waals surface area contributed by atoms with E-state index in [1.807, 2.05) is 6.08 Å². The number of allylic oxidation sites excluding steroid dienone is 5. The van der Waals surface area contributed by atoms with Crippen molar-refractivity contribution in [1.29, 1.82) is 0 Å². The quantitative estimate of drug-likeness (QED) is 0.0297. The van der Waals surface area contributed by atoms with E-state index in [0.717, 1.165) is 57.8 Å². The number of phosphoric ester groups is 1. The van der Waals surface area contributed by atoms with Gasteiger partial charge in [-0.25, -0.2) is 4.57 Å². The molecule has 0 spiro atoms. The molecule has 1 amide bonds. The minimum Gasteiger partial charge on any atom is -0.387 e. The third kappa shape index (κ3) is 33.0. The molecule has 9 heteroatoms. The van der Waals surface area contributed by atoms with Crippen molar-refractivity contribution in [1.82, 2.24) is 5.32 Å². The second kappa shape index (κ2) is 34.6. The summed E-state index contributed by atoms with van der Waals surface area (Å²) in [5.74, 6) is -0.216. The van der Waals surface area contributed by atoms with Gasteiger partial charge in [0.1, 0.15) is 0 Å². The van der Waals surface area contributed by atoms with Gasteiger partial charge in [-0.15, -0.1) is 0 Å². The normalized spacial score (nSPS) is 14.7. The monoisotopic (exact) mass is 685 g/mol. The van der Waals surface area contributed by atoms with E-state index in [2.05, 4.69) is 43.5 Å². The molecule has 3 unspecified atom stereocenters. The number of hydrogen-bond acceptors (Lipinski definition) is 6. The van der Waals surface area contributed by atoms with Gasteiger partial charge in [-0.1, -0.05) is 140 Å². The molecule has 3 atom stereocenters. The van der Waals surface area contributed by atoms with Gasteiger partial charge >= 0.3 is 7.82 Å². The fourth-order valence-electron chi connectivity index (χ4n) is 5.26. The highest BCUT2D eigenvalue weighted by Crippen LogP contribution is 2.43. The molecule has 0 aliphatic rings. The molecule has 276 valence electrons. The molecule has 0 saturated heterocycles. The number of nitrogens with one attached hydrogen (secondary N) is 1.